The molecule has 1 aliphatic rings. The second-order valence-corrected chi connectivity index (χ2v) is 5.97. The summed E-state index contributed by atoms with van der Waals surface area (Å²) >= 11 is 0. The summed E-state index contributed by atoms with van der Waals surface area (Å²) in [6.07, 6.45) is -0.654. The third-order valence-electron chi connectivity index (χ3n) is 3.80. The molecule has 1 atom stereocenters. The lowest BCUT2D eigenvalue weighted by Gasteiger charge is -2.27. The molecular formula is C18H16N6O5. The summed E-state index contributed by atoms with van der Waals surface area (Å²) < 4.78 is 4.78. The molecule has 1 aromatic rings. The summed E-state index contributed by atoms with van der Waals surface area (Å²) in [4.78, 5) is 34.0. The Labute approximate surface area is 165 Å². The zero-order chi connectivity index (χ0) is 21.4. The van der Waals surface area contributed by atoms with Crippen molar-refractivity contribution >= 4 is 35.0 Å². The zero-order valence-corrected chi connectivity index (χ0v) is 15.3. The summed E-state index contributed by atoms with van der Waals surface area (Å²) in [6, 6.07) is 10.0. The molecule has 148 valence electrons. The van der Waals surface area contributed by atoms with E-state index in [0.717, 1.165) is 5.01 Å². The van der Waals surface area contributed by atoms with Crippen LogP contribution >= 0.6 is 0 Å². The van der Waals surface area contributed by atoms with Crippen molar-refractivity contribution in [2.45, 2.75) is 19.8 Å². The first-order valence-electron chi connectivity index (χ1n) is 8.34. The van der Waals surface area contributed by atoms with Crippen LogP contribution < -0.4 is 5.43 Å². The number of nitrogens with one attached hydrogen (secondary N) is 1. The maximum Gasteiger partial charge on any atom is 0.318 e. The van der Waals surface area contributed by atoms with E-state index in [2.05, 4.69) is 15.6 Å². The monoisotopic (exact) mass is 396 g/mol. The number of carboxylic acid groups (broad SMARTS) is 1. The molecule has 0 unspecified atom stereocenters. The van der Waals surface area contributed by atoms with Crippen LogP contribution in [0.5, 0.6) is 0 Å². The predicted octanol–water partition coefficient (Wildman–Crippen LogP) is 1.05. The van der Waals surface area contributed by atoms with Crippen LogP contribution in [0.25, 0.3) is 0 Å². The second kappa shape index (κ2) is 9.62. The molecule has 0 spiro atoms. The fourth-order valence-electron chi connectivity index (χ4n) is 2.41. The van der Waals surface area contributed by atoms with Gasteiger partial charge >= 0.3 is 11.9 Å². The average Bonchev–Trinajstić information content (AvgIpc) is 2.68. The first kappa shape index (κ1) is 21.1. The lowest BCUT2D eigenvalue weighted by atomic mass is 9.94. The number of hydrazone groups is 2. The number of rotatable bonds is 7. The summed E-state index contributed by atoms with van der Waals surface area (Å²) in [5, 5.41) is 34.8. The number of aliphatic carboxylic acids is 1. The van der Waals surface area contributed by atoms with Crippen molar-refractivity contribution in [3.63, 3.8) is 0 Å². The first-order valence-corrected chi connectivity index (χ1v) is 8.34. The highest BCUT2D eigenvalue weighted by Gasteiger charge is 2.28. The summed E-state index contributed by atoms with van der Waals surface area (Å²) in [7, 11) is 0. The van der Waals surface area contributed by atoms with Crippen LogP contribution in [0.15, 0.2) is 34.5 Å². The van der Waals surface area contributed by atoms with E-state index in [4.69, 9.17) is 20.4 Å². The van der Waals surface area contributed by atoms with E-state index in [1.165, 1.54) is 0 Å². The van der Waals surface area contributed by atoms with Crippen LogP contribution in [-0.2, 0) is 19.1 Å². The molecule has 2 N–H and O–H groups in total. The Morgan fingerprint density at radius 1 is 1.34 bits per heavy atom. The number of anilines is 1. The number of ether oxygens (including phenoxy) is 1. The smallest absolute Gasteiger partial charge is 0.318 e. The van der Waals surface area contributed by atoms with Gasteiger partial charge in [0.15, 0.2) is 6.73 Å². The minimum absolute atomic E-state index is 0.146. The SMILES string of the molecule is C[C@@H]1CC(=O)N(COC(=O)CC(=O)O)N=C1c1ccc(NN=C(C#N)C#N)cc1. The van der Waals surface area contributed by atoms with Crippen molar-refractivity contribution in [1.82, 2.24) is 5.01 Å². The zero-order valence-electron chi connectivity index (χ0n) is 15.3. The second-order valence-electron chi connectivity index (χ2n) is 5.97. The van der Waals surface area contributed by atoms with Crippen molar-refractivity contribution in [1.29, 1.82) is 10.5 Å². The molecule has 1 heterocycles. The van der Waals surface area contributed by atoms with Crippen molar-refractivity contribution in [2.75, 3.05) is 12.2 Å². The molecule has 0 aliphatic carbocycles. The van der Waals surface area contributed by atoms with E-state index in [1.807, 2.05) is 6.92 Å². The van der Waals surface area contributed by atoms with Gasteiger partial charge in [0, 0.05) is 12.3 Å². The predicted molar refractivity (Wildman–Crippen MR) is 99.1 cm³/mol. The normalized spacial score (nSPS) is 15.4. The van der Waals surface area contributed by atoms with Gasteiger partial charge in [-0.05, 0) is 17.7 Å². The highest BCUT2D eigenvalue weighted by Crippen LogP contribution is 2.22. The number of esters is 1. The molecule has 0 fully saturated rings. The standard InChI is InChI=1S/C18H16N6O5/c1-11-6-15(25)24(10-29-17(28)7-16(26)27)23-18(11)12-2-4-13(5-3-12)21-22-14(8-19)9-20/h2-5,11,21H,6-7,10H2,1H3,(H,26,27)/t11-/m1/s1. The quantitative estimate of drug-likeness (QED) is 0.298. The van der Waals surface area contributed by atoms with Crippen molar-refractivity contribution < 1.29 is 24.2 Å². The molecule has 0 radical (unpaired) electrons. The number of nitrogens with zero attached hydrogens (tertiary/aromatic N) is 5. The van der Waals surface area contributed by atoms with Crippen LogP contribution in [0.3, 0.4) is 0 Å². The summed E-state index contributed by atoms with van der Waals surface area (Å²) in [5.41, 5.74) is 4.11. The van der Waals surface area contributed by atoms with Gasteiger partial charge in [-0.25, -0.2) is 0 Å². The third-order valence-corrected chi connectivity index (χ3v) is 3.80. The average molecular weight is 396 g/mol. The van der Waals surface area contributed by atoms with E-state index in [1.54, 1.807) is 36.4 Å². The molecule has 1 amide bonds. The Balaban J connectivity index is 2.12. The van der Waals surface area contributed by atoms with E-state index < -0.39 is 25.1 Å². The number of carbonyl (C=O) groups excluding carboxylic acids is 2. The number of carboxylic acids is 1. The number of hydrogen-bond acceptors (Lipinski definition) is 9. The molecule has 1 aromatic carbocycles. The summed E-state index contributed by atoms with van der Waals surface area (Å²) in [5.74, 6) is -2.83. The van der Waals surface area contributed by atoms with Gasteiger partial charge in [-0.15, -0.1) is 0 Å². The Kier molecular flexibility index (Phi) is 6.98. The van der Waals surface area contributed by atoms with Crippen LogP contribution in [0.2, 0.25) is 0 Å². The Morgan fingerprint density at radius 2 is 2.00 bits per heavy atom. The van der Waals surface area contributed by atoms with Crippen LogP contribution in [0.4, 0.5) is 5.69 Å². The van der Waals surface area contributed by atoms with Crippen LogP contribution in [0, 0.1) is 28.6 Å². The number of hydrogen-bond donors (Lipinski definition) is 2. The highest BCUT2D eigenvalue weighted by atomic mass is 16.5. The van der Waals surface area contributed by atoms with E-state index in [-0.39, 0.29) is 24.0 Å². The van der Waals surface area contributed by atoms with Gasteiger partial charge in [0.2, 0.25) is 11.6 Å². The molecule has 0 saturated heterocycles. The van der Waals surface area contributed by atoms with Gasteiger partial charge in [0.1, 0.15) is 18.6 Å². The minimum atomic E-state index is -1.33. The molecule has 11 heteroatoms. The molecule has 11 nitrogen and oxygen atoms in total. The lowest BCUT2D eigenvalue weighted by Crippen LogP contribution is -2.38. The highest BCUT2D eigenvalue weighted by molar-refractivity contribution is 6.10. The Hall–Kier alpha value is -4.25. The van der Waals surface area contributed by atoms with Gasteiger partial charge < -0.3 is 9.84 Å². The fraction of sp³-hybridized carbons (Fsp3) is 0.278. The van der Waals surface area contributed by atoms with Crippen molar-refractivity contribution in [3.05, 3.63) is 29.8 Å². The maximum absolute atomic E-state index is 12.1. The number of amides is 1. The maximum atomic E-state index is 12.1. The van der Waals surface area contributed by atoms with E-state index in [0.29, 0.717) is 17.0 Å². The molecule has 29 heavy (non-hydrogen) atoms. The third kappa shape index (κ3) is 5.87. The van der Waals surface area contributed by atoms with Crippen molar-refractivity contribution in [2.24, 2.45) is 16.1 Å². The van der Waals surface area contributed by atoms with Crippen molar-refractivity contribution in [3.8, 4) is 12.1 Å². The van der Waals surface area contributed by atoms with Gasteiger partial charge in [-0.3, -0.25) is 19.8 Å². The molecule has 0 bridgehead atoms. The van der Waals surface area contributed by atoms with Crippen LogP contribution in [-0.4, -0.2) is 46.1 Å². The molecular weight excluding hydrogens is 380 g/mol. The number of nitriles is 2. The van der Waals surface area contributed by atoms with E-state index in [9.17, 15) is 14.4 Å². The molecule has 2 rings (SSSR count). The molecule has 0 aromatic heterocycles. The first-order chi connectivity index (χ1) is 13.8. The Morgan fingerprint density at radius 3 is 2.59 bits per heavy atom. The fourth-order valence-corrected chi connectivity index (χ4v) is 2.41. The number of benzene rings is 1. The van der Waals surface area contributed by atoms with Gasteiger partial charge in [0.25, 0.3) is 0 Å². The molecule has 1 aliphatic heterocycles. The Bertz CT molecular complexity index is 938. The molecule has 0 saturated carbocycles. The van der Waals surface area contributed by atoms with Gasteiger partial charge in [0.05, 0.1) is 11.4 Å². The number of carbonyl (C=O) groups is 3. The van der Waals surface area contributed by atoms with Crippen LogP contribution in [0.1, 0.15) is 25.3 Å². The minimum Gasteiger partial charge on any atom is -0.481 e. The van der Waals surface area contributed by atoms with Gasteiger partial charge in [-0.1, -0.05) is 19.1 Å². The summed E-state index contributed by atoms with van der Waals surface area (Å²) in [6.45, 7) is 1.35. The lowest BCUT2D eigenvalue weighted by molar-refractivity contribution is -0.157. The van der Waals surface area contributed by atoms with E-state index >= 15 is 0 Å². The largest absolute Gasteiger partial charge is 0.481 e. The topological polar surface area (TPSA) is 168 Å². The van der Waals surface area contributed by atoms with Gasteiger partial charge in [-0.2, -0.15) is 25.7 Å².